The molecule has 0 N–H and O–H groups in total. The summed E-state index contributed by atoms with van der Waals surface area (Å²) in [7, 11) is 1.37. The lowest BCUT2D eigenvalue weighted by Crippen LogP contribution is -2.46. The van der Waals surface area contributed by atoms with Crippen LogP contribution in [0, 0.1) is 6.92 Å². The van der Waals surface area contributed by atoms with Crippen LogP contribution >= 0.6 is 15.9 Å². The molecule has 0 bridgehead atoms. The summed E-state index contributed by atoms with van der Waals surface area (Å²) in [6, 6.07) is 1.99. The lowest BCUT2D eigenvalue weighted by atomic mass is 10.2. The number of ether oxygens (including phenoxy) is 2. The summed E-state index contributed by atoms with van der Waals surface area (Å²) in [6.07, 6.45) is 1.24. The first-order chi connectivity index (χ1) is 8.61. The fraction of sp³-hybridized carbons (Fsp3) is 0.500. The second-order valence-corrected chi connectivity index (χ2v) is 4.97. The predicted octanol–water partition coefficient (Wildman–Crippen LogP) is 1.53. The molecule has 1 unspecified atom stereocenters. The van der Waals surface area contributed by atoms with Crippen molar-refractivity contribution in [1.29, 1.82) is 0 Å². The number of pyridine rings is 1. The molecule has 0 saturated carbocycles. The van der Waals surface area contributed by atoms with Gasteiger partial charge in [-0.05, 0) is 34.5 Å². The van der Waals surface area contributed by atoms with Crippen LogP contribution in [0.4, 0.5) is 5.82 Å². The number of nitrogens with zero attached hydrogens (tertiary/aromatic N) is 2. The molecule has 5 nitrogen and oxygen atoms in total. The third-order valence-corrected chi connectivity index (χ3v) is 3.72. The van der Waals surface area contributed by atoms with Gasteiger partial charge in [0.1, 0.15) is 5.82 Å². The minimum Gasteiger partial charge on any atom is -0.467 e. The van der Waals surface area contributed by atoms with E-state index in [9.17, 15) is 4.79 Å². The molecule has 1 saturated heterocycles. The minimum absolute atomic E-state index is 0.339. The molecule has 2 heterocycles. The highest BCUT2D eigenvalue weighted by Gasteiger charge is 2.28. The van der Waals surface area contributed by atoms with Gasteiger partial charge in [-0.15, -0.1) is 0 Å². The van der Waals surface area contributed by atoms with E-state index in [1.54, 1.807) is 6.20 Å². The van der Waals surface area contributed by atoms with Crippen LogP contribution in [0.2, 0.25) is 0 Å². The molecule has 6 heteroatoms. The van der Waals surface area contributed by atoms with Gasteiger partial charge in [0.25, 0.3) is 0 Å². The zero-order valence-corrected chi connectivity index (χ0v) is 11.9. The molecular formula is C12H15BrN2O3. The Hall–Kier alpha value is -1.14. The molecule has 1 atom stereocenters. The van der Waals surface area contributed by atoms with Crippen LogP contribution in [-0.2, 0) is 14.3 Å². The van der Waals surface area contributed by atoms with Gasteiger partial charge in [-0.25, -0.2) is 9.78 Å². The first kappa shape index (κ1) is 13.3. The molecule has 1 aliphatic rings. The number of rotatable bonds is 2. The number of halogens is 1. The summed E-state index contributed by atoms with van der Waals surface area (Å²) >= 11 is 3.42. The van der Waals surface area contributed by atoms with Gasteiger partial charge in [0.05, 0.1) is 20.3 Å². The van der Waals surface area contributed by atoms with Gasteiger partial charge < -0.3 is 14.4 Å². The number of aromatic nitrogens is 1. The van der Waals surface area contributed by atoms with Crippen molar-refractivity contribution in [2.24, 2.45) is 0 Å². The monoisotopic (exact) mass is 314 g/mol. The van der Waals surface area contributed by atoms with Crippen molar-refractivity contribution >= 4 is 27.7 Å². The molecule has 18 heavy (non-hydrogen) atoms. The number of morpholine rings is 1. The van der Waals surface area contributed by atoms with E-state index in [1.165, 1.54) is 7.11 Å². The Labute approximate surface area is 114 Å². The second-order valence-electron chi connectivity index (χ2n) is 4.12. The number of methoxy groups -OCH3 is 1. The minimum atomic E-state index is -0.533. The molecule has 0 aromatic carbocycles. The Kier molecular flexibility index (Phi) is 4.19. The highest BCUT2D eigenvalue weighted by molar-refractivity contribution is 9.10. The van der Waals surface area contributed by atoms with Crippen molar-refractivity contribution in [3.63, 3.8) is 0 Å². The lowest BCUT2D eigenvalue weighted by molar-refractivity contribution is -0.154. The summed E-state index contributed by atoms with van der Waals surface area (Å²) in [5, 5.41) is 0. The summed E-state index contributed by atoms with van der Waals surface area (Å²) < 4.78 is 11.1. The van der Waals surface area contributed by atoms with Crippen molar-refractivity contribution < 1.29 is 14.3 Å². The summed E-state index contributed by atoms with van der Waals surface area (Å²) in [5.74, 6) is 0.515. The van der Waals surface area contributed by atoms with E-state index in [2.05, 4.69) is 20.9 Å². The molecule has 98 valence electrons. The quantitative estimate of drug-likeness (QED) is 0.775. The maximum atomic E-state index is 11.5. The first-order valence-electron chi connectivity index (χ1n) is 5.68. The third kappa shape index (κ3) is 2.81. The number of anilines is 1. The highest BCUT2D eigenvalue weighted by atomic mass is 79.9. The predicted molar refractivity (Wildman–Crippen MR) is 70.6 cm³/mol. The molecule has 0 spiro atoms. The molecule has 2 rings (SSSR count). The van der Waals surface area contributed by atoms with Gasteiger partial charge >= 0.3 is 5.97 Å². The van der Waals surface area contributed by atoms with Crippen LogP contribution in [-0.4, -0.2) is 43.9 Å². The van der Waals surface area contributed by atoms with Crippen LogP contribution in [0.15, 0.2) is 16.7 Å². The second kappa shape index (κ2) is 5.67. The van der Waals surface area contributed by atoms with E-state index in [0.29, 0.717) is 13.2 Å². The summed E-state index contributed by atoms with van der Waals surface area (Å²) in [5.41, 5.74) is 1.11. The van der Waals surface area contributed by atoms with Crippen LogP contribution in [0.5, 0.6) is 0 Å². The maximum Gasteiger partial charge on any atom is 0.336 e. The molecular weight excluding hydrogens is 300 g/mol. The maximum absolute atomic E-state index is 11.5. The number of esters is 1. The number of hydrogen-bond donors (Lipinski definition) is 0. The average Bonchev–Trinajstić information content (AvgIpc) is 2.41. The van der Waals surface area contributed by atoms with Crippen molar-refractivity contribution in [3.8, 4) is 0 Å². The zero-order valence-electron chi connectivity index (χ0n) is 10.4. The Balaban J connectivity index is 2.13. The van der Waals surface area contributed by atoms with Gasteiger partial charge in [0, 0.05) is 17.2 Å². The standard InChI is InChI=1S/C12H15BrN2O3/c1-8-5-11(14-6-9(8)13)15-3-4-18-10(7-15)12(16)17-2/h5-6,10H,3-4,7H2,1-2H3. The third-order valence-electron chi connectivity index (χ3n) is 2.89. The Morgan fingerprint density at radius 1 is 1.67 bits per heavy atom. The van der Waals surface area contributed by atoms with Crippen molar-refractivity contribution in [2.75, 3.05) is 31.7 Å². The van der Waals surface area contributed by atoms with Crippen molar-refractivity contribution in [2.45, 2.75) is 13.0 Å². The van der Waals surface area contributed by atoms with Crippen LogP contribution in [0.1, 0.15) is 5.56 Å². The van der Waals surface area contributed by atoms with Gasteiger partial charge in [-0.1, -0.05) is 0 Å². The van der Waals surface area contributed by atoms with Crippen LogP contribution < -0.4 is 4.90 Å². The van der Waals surface area contributed by atoms with Gasteiger partial charge in [0.15, 0.2) is 6.10 Å². The van der Waals surface area contributed by atoms with Crippen LogP contribution in [0.25, 0.3) is 0 Å². The van der Waals surface area contributed by atoms with E-state index >= 15 is 0 Å². The van der Waals surface area contributed by atoms with Gasteiger partial charge in [0.2, 0.25) is 0 Å². The molecule has 0 amide bonds. The van der Waals surface area contributed by atoms with Crippen molar-refractivity contribution in [1.82, 2.24) is 4.98 Å². The first-order valence-corrected chi connectivity index (χ1v) is 6.47. The fourth-order valence-corrected chi connectivity index (χ4v) is 2.05. The largest absolute Gasteiger partial charge is 0.467 e. The number of hydrogen-bond acceptors (Lipinski definition) is 5. The van der Waals surface area contributed by atoms with E-state index in [1.807, 2.05) is 17.9 Å². The molecule has 0 aliphatic carbocycles. The van der Waals surface area contributed by atoms with E-state index in [0.717, 1.165) is 22.4 Å². The normalized spacial score (nSPS) is 19.7. The average molecular weight is 315 g/mol. The topological polar surface area (TPSA) is 51.7 Å². The smallest absolute Gasteiger partial charge is 0.336 e. The molecule has 1 aromatic rings. The fourth-order valence-electron chi connectivity index (χ4n) is 1.83. The SMILES string of the molecule is COC(=O)C1CN(c2cc(C)c(Br)cn2)CCO1. The zero-order chi connectivity index (χ0) is 13.1. The molecule has 1 aromatic heterocycles. The molecule has 1 fully saturated rings. The van der Waals surface area contributed by atoms with E-state index in [-0.39, 0.29) is 5.97 Å². The number of aryl methyl sites for hydroxylation is 1. The Morgan fingerprint density at radius 2 is 2.44 bits per heavy atom. The summed E-state index contributed by atoms with van der Waals surface area (Å²) in [6.45, 7) is 3.70. The number of carbonyl (C=O) groups is 1. The Bertz CT molecular complexity index is 453. The Morgan fingerprint density at radius 3 is 3.11 bits per heavy atom. The summed E-state index contributed by atoms with van der Waals surface area (Å²) in [4.78, 5) is 17.8. The molecule has 1 aliphatic heterocycles. The van der Waals surface area contributed by atoms with Crippen molar-refractivity contribution in [3.05, 3.63) is 22.3 Å². The molecule has 0 radical (unpaired) electrons. The van der Waals surface area contributed by atoms with E-state index in [4.69, 9.17) is 9.47 Å². The highest BCUT2D eigenvalue weighted by Crippen LogP contribution is 2.21. The lowest BCUT2D eigenvalue weighted by Gasteiger charge is -2.32. The van der Waals surface area contributed by atoms with Gasteiger partial charge in [-0.2, -0.15) is 0 Å². The number of carbonyl (C=O) groups excluding carboxylic acids is 1. The van der Waals surface area contributed by atoms with Crippen LogP contribution in [0.3, 0.4) is 0 Å². The van der Waals surface area contributed by atoms with Gasteiger partial charge in [-0.3, -0.25) is 0 Å². The van der Waals surface area contributed by atoms with E-state index < -0.39 is 6.10 Å².